The number of benzene rings is 2. The number of likely N-dealkylation sites (N-methyl/N-ethyl adjacent to an activating group) is 1. The molecule has 5 rings (SSSR count). The van der Waals surface area contributed by atoms with Crippen molar-refractivity contribution in [3.8, 4) is 11.3 Å². The molecule has 0 fully saturated rings. The van der Waals surface area contributed by atoms with E-state index in [1.54, 1.807) is 39.8 Å². The van der Waals surface area contributed by atoms with Crippen molar-refractivity contribution in [2.45, 2.75) is 77.4 Å². The van der Waals surface area contributed by atoms with Crippen LogP contribution in [0.1, 0.15) is 62.2 Å². The highest BCUT2D eigenvalue weighted by atomic mass is 35.5. The third-order valence-corrected chi connectivity index (χ3v) is 9.52. The maximum Gasteiger partial charge on any atom is 0.416 e. The lowest BCUT2D eigenvalue weighted by molar-refractivity contribution is -0.145. The third-order valence-electron chi connectivity index (χ3n) is 8.40. The van der Waals surface area contributed by atoms with Gasteiger partial charge in [0.15, 0.2) is 5.56 Å². The van der Waals surface area contributed by atoms with Gasteiger partial charge in [0, 0.05) is 48.3 Å². The molecule has 18 heteroatoms. The van der Waals surface area contributed by atoms with Crippen molar-refractivity contribution >= 4 is 46.9 Å². The van der Waals surface area contributed by atoms with Crippen LogP contribution in [0.15, 0.2) is 78.8 Å². The highest BCUT2D eigenvalue weighted by Crippen LogP contribution is 2.41. The Morgan fingerprint density at radius 3 is 2.38 bits per heavy atom. The van der Waals surface area contributed by atoms with Crippen molar-refractivity contribution in [1.82, 2.24) is 29.6 Å². The molecule has 3 heterocycles. The molecule has 2 amide bonds. The van der Waals surface area contributed by atoms with Gasteiger partial charge in [-0.2, -0.15) is 5.10 Å². The molecule has 0 bridgehead atoms. The van der Waals surface area contributed by atoms with Gasteiger partial charge in [0.25, 0.3) is 0 Å². The van der Waals surface area contributed by atoms with Gasteiger partial charge in [0.05, 0.1) is 17.2 Å². The lowest BCUT2D eigenvalue weighted by atomic mass is 9.82. The predicted molar refractivity (Wildman–Crippen MR) is 214 cm³/mol. The lowest BCUT2D eigenvalue weighted by Gasteiger charge is -2.33. The van der Waals surface area contributed by atoms with Gasteiger partial charge in [-0.1, -0.05) is 54.4 Å². The summed E-state index contributed by atoms with van der Waals surface area (Å²) < 4.78 is 45.3. The summed E-state index contributed by atoms with van der Waals surface area (Å²) in [7, 11) is 2.90. The molecule has 1 unspecified atom stereocenters. The summed E-state index contributed by atoms with van der Waals surface area (Å²) in [6, 6.07) is 14.3. The average molecular weight is 842 g/mol. The molecule has 14 nitrogen and oxygen atoms in total. The highest BCUT2D eigenvalue weighted by molar-refractivity contribution is 7.10. The van der Waals surface area contributed by atoms with E-state index in [0.717, 1.165) is 44.8 Å². The lowest BCUT2D eigenvalue weighted by Crippen LogP contribution is -2.38. The third kappa shape index (κ3) is 12.5. The van der Waals surface area contributed by atoms with Crippen LogP contribution in [0.25, 0.3) is 11.3 Å². The van der Waals surface area contributed by atoms with Crippen molar-refractivity contribution in [3.63, 3.8) is 0 Å². The Bertz CT molecular complexity index is 2150. The van der Waals surface area contributed by atoms with E-state index in [4.69, 9.17) is 25.8 Å². The number of amides is 2. The molecule has 310 valence electrons. The van der Waals surface area contributed by atoms with Crippen LogP contribution in [0, 0.1) is 18.6 Å². The number of anilines is 1. The molecule has 5 aromatic rings. The van der Waals surface area contributed by atoms with Crippen molar-refractivity contribution in [3.05, 3.63) is 112 Å². The van der Waals surface area contributed by atoms with Gasteiger partial charge < -0.3 is 24.2 Å². The van der Waals surface area contributed by atoms with Gasteiger partial charge in [-0.15, -0.1) is 11.3 Å². The summed E-state index contributed by atoms with van der Waals surface area (Å²) in [5.74, 6) is -2.33. The maximum absolute atomic E-state index is 14.7. The number of aryl methyl sites for hydroxylation is 1. The van der Waals surface area contributed by atoms with Crippen molar-refractivity contribution in [1.29, 1.82) is 0 Å². The molecule has 0 spiro atoms. The number of thiazole rings is 1. The number of halogens is 3. The van der Waals surface area contributed by atoms with Crippen LogP contribution < -0.4 is 4.90 Å². The number of ether oxygens (including phenoxy) is 3. The molecule has 3 atom stereocenters. The first-order chi connectivity index (χ1) is 27.3. The number of pyridine rings is 1. The topological polar surface area (TPSA) is 162 Å². The van der Waals surface area contributed by atoms with E-state index in [2.05, 4.69) is 20.1 Å². The number of esters is 1. The van der Waals surface area contributed by atoms with Gasteiger partial charge in [-0.05, 0) is 58.9 Å². The zero-order valence-corrected chi connectivity index (χ0v) is 34.9. The van der Waals surface area contributed by atoms with E-state index >= 15 is 0 Å². The quantitative estimate of drug-likeness (QED) is 0.0740. The monoisotopic (exact) mass is 841 g/mol. The largest absolute Gasteiger partial charge is 0.459 e. The van der Waals surface area contributed by atoms with Gasteiger partial charge in [0.2, 0.25) is 0 Å². The van der Waals surface area contributed by atoms with E-state index in [9.17, 15) is 28.3 Å². The van der Waals surface area contributed by atoms with Crippen LogP contribution in [0.4, 0.5) is 24.2 Å². The zero-order valence-electron chi connectivity index (χ0n) is 33.4. The molecule has 0 aliphatic heterocycles. The fourth-order valence-corrected chi connectivity index (χ4v) is 6.39. The number of carbonyl (C=O) groups excluding carboxylic acids is 3. The van der Waals surface area contributed by atoms with Gasteiger partial charge in [-0.3, -0.25) is 9.69 Å². The minimum Gasteiger partial charge on any atom is -0.459 e. The van der Waals surface area contributed by atoms with E-state index in [-0.39, 0.29) is 31.1 Å². The Morgan fingerprint density at radius 2 is 1.74 bits per heavy atom. The molecule has 0 aliphatic carbocycles. The first-order valence-corrected chi connectivity index (χ1v) is 19.2. The van der Waals surface area contributed by atoms with Gasteiger partial charge >= 0.3 is 18.2 Å². The molecule has 3 aromatic heterocycles. The summed E-state index contributed by atoms with van der Waals surface area (Å²) in [5.41, 5.74) is -0.0524. The first-order valence-electron chi connectivity index (χ1n) is 17.9. The normalized spacial score (nSPS) is 13.2. The van der Waals surface area contributed by atoms with Crippen LogP contribution >= 0.6 is 22.9 Å². The Labute approximate surface area is 344 Å². The average Bonchev–Trinajstić information content (AvgIpc) is 3.87. The Balaban J connectivity index is 0.000000258. The molecule has 0 saturated heterocycles. The van der Waals surface area contributed by atoms with E-state index in [1.807, 2.05) is 36.6 Å². The fraction of sp³-hybridized carbons (Fsp3) is 0.375. The van der Waals surface area contributed by atoms with Crippen LogP contribution in [0.5, 0.6) is 0 Å². The number of hydrogen-bond acceptors (Lipinski definition) is 12. The Morgan fingerprint density at radius 1 is 1.03 bits per heavy atom. The molecule has 2 aromatic carbocycles. The second-order valence-electron chi connectivity index (χ2n) is 14.3. The van der Waals surface area contributed by atoms with E-state index in [1.165, 1.54) is 55.9 Å². The summed E-state index contributed by atoms with van der Waals surface area (Å²) >= 11 is 7.03. The first kappa shape index (κ1) is 45.2. The van der Waals surface area contributed by atoms with E-state index < -0.39 is 52.5 Å². The second kappa shape index (κ2) is 19.8. The number of alkyl halides is 1. The highest BCUT2D eigenvalue weighted by Gasteiger charge is 2.41. The molecule has 0 aliphatic rings. The number of hydrogen-bond donors (Lipinski definition) is 1. The fourth-order valence-electron chi connectivity index (χ4n) is 5.34. The number of nitrogens with zero attached hydrogens (tertiary/aromatic N) is 7. The van der Waals surface area contributed by atoms with Crippen molar-refractivity contribution < 1.29 is 42.5 Å². The molecule has 1 N–H and O–H groups in total. The number of aromatic nitrogens is 5. The van der Waals surface area contributed by atoms with Crippen LogP contribution in [-0.4, -0.2) is 84.7 Å². The van der Waals surface area contributed by atoms with Crippen molar-refractivity contribution in [2.75, 3.05) is 25.5 Å². The molecule has 0 radical (unpaired) electrons. The standard InChI is InChI=1S/C22H20F2N4OS.C18H26ClN3O6/c1-14-3-5-16(6-4-14)20-10-30-21(27-20)15(2)22(29,11-28-13-25-12-26-28)18-9-17(23)7-8-19(18)24;1-12(19)27-17(25)22(6)15-13(8-7-9-20-15)11-26-14(23)10-21(5)16(24)28-18(2,3)4/h3-10,12-13,15,29H,11H2,1-2H3;7-9,12H,10-11H2,1-6H3/t15-,22+;/m0./s1. The molecule has 58 heavy (non-hydrogen) atoms. The minimum absolute atomic E-state index is 0.103. The smallest absolute Gasteiger partial charge is 0.416 e. The van der Waals surface area contributed by atoms with Crippen LogP contribution in [-0.2, 0) is 37.8 Å². The minimum atomic E-state index is -1.79. The SMILES string of the molecule is CC(Cl)OC(=O)N(C)c1ncccc1COC(=O)CN(C)C(=O)OC(C)(C)C.Cc1ccc(-c2csc([C@H](C)[C@](O)(Cn3cncn3)c3cc(F)ccc3F)n2)cc1. The van der Waals surface area contributed by atoms with E-state index in [0.29, 0.717) is 10.6 Å². The predicted octanol–water partition coefficient (Wildman–Crippen LogP) is 7.83. The Hall–Kier alpha value is -5.52. The maximum atomic E-state index is 14.7. The van der Waals surface area contributed by atoms with Gasteiger partial charge in [-0.25, -0.2) is 38.0 Å². The zero-order chi connectivity index (χ0) is 42.8. The number of aliphatic hydroxyl groups is 1. The van der Waals surface area contributed by atoms with Gasteiger partial charge in [0.1, 0.15) is 54.5 Å². The molecular weight excluding hydrogens is 796 g/mol. The number of rotatable bonds is 12. The summed E-state index contributed by atoms with van der Waals surface area (Å²) in [4.78, 5) is 50.9. The van der Waals surface area contributed by atoms with Crippen molar-refractivity contribution in [2.24, 2.45) is 0 Å². The second-order valence-corrected chi connectivity index (χ2v) is 15.8. The van der Waals surface area contributed by atoms with Crippen LogP contribution in [0.3, 0.4) is 0 Å². The molecule has 0 saturated carbocycles. The summed E-state index contributed by atoms with van der Waals surface area (Å²) in [6.07, 6.45) is 2.91. The number of carbonyl (C=O) groups is 3. The summed E-state index contributed by atoms with van der Waals surface area (Å²) in [5, 5.41) is 18.2. The van der Waals surface area contributed by atoms with Crippen LogP contribution in [0.2, 0.25) is 0 Å². The molecular formula is C40H46ClF2N7O7S. The summed E-state index contributed by atoms with van der Waals surface area (Å²) in [6.45, 7) is 9.93. The Kier molecular flexibility index (Phi) is 15.4.